The lowest BCUT2D eigenvalue weighted by atomic mass is 9.93. The van der Waals surface area contributed by atoms with E-state index in [0.717, 1.165) is 0 Å². The van der Waals surface area contributed by atoms with Crippen LogP contribution < -0.4 is 5.32 Å². The van der Waals surface area contributed by atoms with Gasteiger partial charge in [0.25, 0.3) is 0 Å². The van der Waals surface area contributed by atoms with Crippen LogP contribution in [0.5, 0.6) is 0 Å². The molecule has 140 valence electrons. The third-order valence-corrected chi connectivity index (χ3v) is 4.20. The largest absolute Gasteiger partial charge is 0.465 e. The van der Waals surface area contributed by atoms with E-state index in [1.165, 1.54) is 12.0 Å². The average molecular weight is 360 g/mol. The summed E-state index contributed by atoms with van der Waals surface area (Å²) in [5.41, 5.74) is 2.01. The quantitative estimate of drug-likeness (QED) is 0.816. The van der Waals surface area contributed by atoms with Crippen molar-refractivity contribution >= 4 is 18.0 Å². The standard InChI is InChI=1S/C19H24N2O5/c1-6-26-18(23)15-12(4)21(11(2)3)19(24)20-16(15)13-7-9-14(10-8-13)17(22)25-5/h7-11,16H,6H2,1-5H3,(H,20,24)/t16-/m0/s1. The Morgan fingerprint density at radius 1 is 1.19 bits per heavy atom. The van der Waals surface area contributed by atoms with Gasteiger partial charge >= 0.3 is 18.0 Å². The Labute approximate surface area is 153 Å². The molecule has 0 radical (unpaired) electrons. The van der Waals surface area contributed by atoms with Gasteiger partial charge in [-0.25, -0.2) is 14.4 Å². The molecular formula is C19H24N2O5. The number of ether oxygens (including phenoxy) is 2. The van der Waals surface area contributed by atoms with Crippen LogP contribution in [0.2, 0.25) is 0 Å². The molecule has 1 aromatic rings. The van der Waals surface area contributed by atoms with E-state index in [2.05, 4.69) is 10.1 Å². The monoisotopic (exact) mass is 360 g/mol. The van der Waals surface area contributed by atoms with Crippen molar-refractivity contribution < 1.29 is 23.9 Å². The van der Waals surface area contributed by atoms with E-state index >= 15 is 0 Å². The number of nitrogens with one attached hydrogen (secondary N) is 1. The molecule has 1 atom stereocenters. The van der Waals surface area contributed by atoms with Crippen LogP contribution in [0, 0.1) is 0 Å². The van der Waals surface area contributed by atoms with Crippen LogP contribution >= 0.6 is 0 Å². The first kappa shape index (κ1) is 19.5. The molecule has 0 saturated carbocycles. The van der Waals surface area contributed by atoms with Gasteiger partial charge in [0.15, 0.2) is 0 Å². The molecule has 1 aromatic carbocycles. The maximum Gasteiger partial charge on any atom is 0.338 e. The number of nitrogens with zero attached hydrogens (tertiary/aromatic N) is 1. The van der Waals surface area contributed by atoms with Crippen molar-refractivity contribution in [1.29, 1.82) is 0 Å². The number of allylic oxidation sites excluding steroid dienone is 1. The summed E-state index contributed by atoms with van der Waals surface area (Å²) >= 11 is 0. The summed E-state index contributed by atoms with van der Waals surface area (Å²) in [6.07, 6.45) is 0. The molecule has 0 fully saturated rings. The fraction of sp³-hybridized carbons (Fsp3) is 0.421. The van der Waals surface area contributed by atoms with Crippen molar-refractivity contribution in [2.24, 2.45) is 0 Å². The number of carbonyl (C=O) groups excluding carboxylic acids is 3. The van der Waals surface area contributed by atoms with Gasteiger partial charge in [-0.15, -0.1) is 0 Å². The molecule has 26 heavy (non-hydrogen) atoms. The minimum Gasteiger partial charge on any atom is -0.465 e. The third-order valence-electron chi connectivity index (χ3n) is 4.20. The van der Waals surface area contributed by atoms with Gasteiger partial charge in [-0.1, -0.05) is 12.1 Å². The van der Waals surface area contributed by atoms with Crippen LogP contribution in [0.4, 0.5) is 4.79 Å². The molecule has 0 aliphatic carbocycles. The molecule has 0 spiro atoms. The van der Waals surface area contributed by atoms with Crippen LogP contribution in [0.1, 0.15) is 49.7 Å². The lowest BCUT2D eigenvalue weighted by Crippen LogP contribution is -2.50. The van der Waals surface area contributed by atoms with Gasteiger partial charge in [-0.3, -0.25) is 4.90 Å². The van der Waals surface area contributed by atoms with Gasteiger partial charge in [-0.2, -0.15) is 0 Å². The minimum atomic E-state index is -0.650. The average Bonchev–Trinajstić information content (AvgIpc) is 2.60. The molecule has 1 N–H and O–H groups in total. The first-order valence-electron chi connectivity index (χ1n) is 8.47. The van der Waals surface area contributed by atoms with E-state index in [4.69, 9.17) is 4.74 Å². The summed E-state index contributed by atoms with van der Waals surface area (Å²) in [4.78, 5) is 38.2. The van der Waals surface area contributed by atoms with Crippen LogP contribution in [0.15, 0.2) is 35.5 Å². The SMILES string of the molecule is CCOC(=O)C1=C(C)N(C(C)C)C(=O)N[C@H]1c1ccc(C(=O)OC)cc1. The van der Waals surface area contributed by atoms with Crippen LogP contribution in [-0.2, 0) is 14.3 Å². The lowest BCUT2D eigenvalue weighted by Gasteiger charge is -2.37. The van der Waals surface area contributed by atoms with Gasteiger partial charge in [0, 0.05) is 11.7 Å². The highest BCUT2D eigenvalue weighted by Gasteiger charge is 2.37. The number of hydrogen-bond donors (Lipinski definition) is 1. The summed E-state index contributed by atoms with van der Waals surface area (Å²) in [5.74, 6) is -0.926. The predicted molar refractivity (Wildman–Crippen MR) is 95.4 cm³/mol. The molecule has 0 unspecified atom stereocenters. The maximum absolute atomic E-state index is 12.6. The zero-order valence-electron chi connectivity index (χ0n) is 15.7. The van der Waals surface area contributed by atoms with Crippen molar-refractivity contribution in [3.05, 3.63) is 46.7 Å². The van der Waals surface area contributed by atoms with Gasteiger partial charge < -0.3 is 14.8 Å². The van der Waals surface area contributed by atoms with E-state index in [0.29, 0.717) is 22.4 Å². The van der Waals surface area contributed by atoms with Gasteiger partial charge in [0.05, 0.1) is 30.9 Å². The Hall–Kier alpha value is -2.83. The molecule has 0 bridgehead atoms. The second-order valence-corrected chi connectivity index (χ2v) is 6.18. The number of carbonyl (C=O) groups is 3. The number of benzene rings is 1. The molecule has 1 heterocycles. The highest BCUT2D eigenvalue weighted by molar-refractivity contribution is 5.95. The molecule has 2 rings (SSSR count). The number of hydrogen-bond acceptors (Lipinski definition) is 5. The summed E-state index contributed by atoms with van der Waals surface area (Å²) in [6.45, 7) is 7.45. The van der Waals surface area contributed by atoms with Crippen LogP contribution in [0.3, 0.4) is 0 Å². The first-order valence-corrected chi connectivity index (χ1v) is 8.47. The van der Waals surface area contributed by atoms with E-state index < -0.39 is 18.0 Å². The molecule has 2 amide bonds. The van der Waals surface area contributed by atoms with Gasteiger partial charge in [0.2, 0.25) is 0 Å². The number of methoxy groups -OCH3 is 1. The lowest BCUT2D eigenvalue weighted by molar-refractivity contribution is -0.139. The van der Waals surface area contributed by atoms with Crippen molar-refractivity contribution in [2.45, 2.75) is 39.8 Å². The van der Waals surface area contributed by atoms with E-state index in [1.807, 2.05) is 13.8 Å². The van der Waals surface area contributed by atoms with Crippen molar-refractivity contribution in [2.75, 3.05) is 13.7 Å². The van der Waals surface area contributed by atoms with E-state index in [1.54, 1.807) is 38.1 Å². The molecule has 7 nitrogen and oxygen atoms in total. The molecule has 0 aromatic heterocycles. The topological polar surface area (TPSA) is 84.9 Å². The molecule has 0 saturated heterocycles. The second kappa shape index (κ2) is 8.03. The normalized spacial score (nSPS) is 17.2. The Morgan fingerprint density at radius 3 is 2.31 bits per heavy atom. The Bertz CT molecular complexity index is 737. The van der Waals surface area contributed by atoms with E-state index in [9.17, 15) is 14.4 Å². The summed E-state index contributed by atoms with van der Waals surface area (Å²) in [5, 5.41) is 2.86. The van der Waals surface area contributed by atoms with Crippen LogP contribution in [0.25, 0.3) is 0 Å². The molecular weight excluding hydrogens is 336 g/mol. The molecule has 1 aliphatic rings. The Kier molecular flexibility index (Phi) is 6.02. The first-order chi connectivity index (χ1) is 12.3. The maximum atomic E-state index is 12.6. The van der Waals surface area contributed by atoms with Crippen molar-refractivity contribution in [3.63, 3.8) is 0 Å². The number of rotatable bonds is 5. The predicted octanol–water partition coefficient (Wildman–Crippen LogP) is 2.79. The summed E-state index contributed by atoms with van der Waals surface area (Å²) in [7, 11) is 1.31. The molecule has 7 heteroatoms. The number of amides is 2. The Morgan fingerprint density at radius 2 is 1.81 bits per heavy atom. The third kappa shape index (κ3) is 3.71. The van der Waals surface area contributed by atoms with Gasteiger partial charge in [-0.05, 0) is 45.4 Å². The minimum absolute atomic E-state index is 0.109. The molecule has 1 aliphatic heterocycles. The van der Waals surface area contributed by atoms with Crippen molar-refractivity contribution in [3.8, 4) is 0 Å². The van der Waals surface area contributed by atoms with Crippen LogP contribution in [-0.4, -0.2) is 42.6 Å². The highest BCUT2D eigenvalue weighted by atomic mass is 16.5. The number of urea groups is 1. The zero-order chi connectivity index (χ0) is 19.4. The van der Waals surface area contributed by atoms with Gasteiger partial charge in [0.1, 0.15) is 0 Å². The summed E-state index contributed by atoms with van der Waals surface area (Å²) < 4.78 is 9.89. The number of esters is 2. The van der Waals surface area contributed by atoms with Crippen molar-refractivity contribution in [1.82, 2.24) is 10.2 Å². The second-order valence-electron chi connectivity index (χ2n) is 6.18. The summed E-state index contributed by atoms with van der Waals surface area (Å²) in [6, 6.07) is 5.53. The smallest absolute Gasteiger partial charge is 0.338 e. The van der Waals surface area contributed by atoms with E-state index in [-0.39, 0.29) is 18.7 Å². The fourth-order valence-electron chi connectivity index (χ4n) is 3.03. The highest BCUT2D eigenvalue weighted by Crippen LogP contribution is 2.32. The Balaban J connectivity index is 2.49. The zero-order valence-corrected chi connectivity index (χ0v) is 15.7. The fourth-order valence-corrected chi connectivity index (χ4v) is 3.03.